The van der Waals surface area contributed by atoms with Crippen LogP contribution in [0, 0.1) is 0 Å². The van der Waals surface area contributed by atoms with Crippen molar-refractivity contribution >= 4 is 0 Å². The predicted octanol–water partition coefficient (Wildman–Crippen LogP) is 0.418. The van der Waals surface area contributed by atoms with Crippen LogP contribution in [0.3, 0.4) is 0 Å². The molecular formula is C10H21NO3. The average molecular weight is 203 g/mol. The molecule has 1 N–H and O–H groups in total. The van der Waals surface area contributed by atoms with Crippen molar-refractivity contribution in [2.24, 2.45) is 0 Å². The second-order valence-corrected chi connectivity index (χ2v) is 3.47. The van der Waals surface area contributed by atoms with E-state index < -0.39 is 0 Å². The quantitative estimate of drug-likeness (QED) is 0.609. The van der Waals surface area contributed by atoms with E-state index in [2.05, 4.69) is 5.32 Å². The summed E-state index contributed by atoms with van der Waals surface area (Å²) < 4.78 is 15.9. The predicted molar refractivity (Wildman–Crippen MR) is 54.5 cm³/mol. The maximum Gasteiger partial charge on any atom is 0.0933 e. The minimum absolute atomic E-state index is 0.242. The summed E-state index contributed by atoms with van der Waals surface area (Å²) in [6.45, 7) is 5.02. The third-order valence-corrected chi connectivity index (χ3v) is 2.20. The maximum atomic E-state index is 5.50. The highest BCUT2D eigenvalue weighted by Gasteiger charge is 2.12. The van der Waals surface area contributed by atoms with Crippen molar-refractivity contribution in [2.75, 3.05) is 46.6 Å². The van der Waals surface area contributed by atoms with Crippen LogP contribution in [0.4, 0.5) is 0 Å². The molecule has 1 heterocycles. The Morgan fingerprint density at radius 1 is 1.36 bits per heavy atom. The molecule has 1 fully saturated rings. The van der Waals surface area contributed by atoms with Gasteiger partial charge in [0.1, 0.15) is 0 Å². The fraction of sp³-hybridized carbons (Fsp3) is 1.00. The molecule has 1 aliphatic heterocycles. The molecule has 0 aliphatic carbocycles. The third kappa shape index (κ3) is 5.54. The molecule has 1 aliphatic rings. The van der Waals surface area contributed by atoms with Crippen molar-refractivity contribution in [1.29, 1.82) is 0 Å². The lowest BCUT2D eigenvalue weighted by Gasteiger charge is -2.23. The highest BCUT2D eigenvalue weighted by atomic mass is 16.5. The Labute approximate surface area is 85.9 Å². The van der Waals surface area contributed by atoms with Gasteiger partial charge in [0.25, 0.3) is 0 Å². The first-order valence-corrected chi connectivity index (χ1v) is 5.32. The second-order valence-electron chi connectivity index (χ2n) is 3.47. The van der Waals surface area contributed by atoms with Gasteiger partial charge in [0, 0.05) is 33.4 Å². The standard InChI is InChI=1S/C10H21NO3/c1-12-5-2-3-6-13-9-10-8-11-4-7-14-10/h10-11H,2-9H2,1H3. The van der Waals surface area contributed by atoms with E-state index in [4.69, 9.17) is 14.2 Å². The summed E-state index contributed by atoms with van der Waals surface area (Å²) in [5.74, 6) is 0. The first-order valence-electron chi connectivity index (χ1n) is 5.32. The Hall–Kier alpha value is -0.160. The minimum Gasteiger partial charge on any atom is -0.385 e. The molecular weight excluding hydrogens is 182 g/mol. The highest BCUT2D eigenvalue weighted by molar-refractivity contribution is 4.65. The first-order chi connectivity index (χ1) is 6.93. The molecule has 84 valence electrons. The van der Waals surface area contributed by atoms with Crippen LogP contribution >= 0.6 is 0 Å². The lowest BCUT2D eigenvalue weighted by atomic mass is 10.3. The lowest BCUT2D eigenvalue weighted by Crippen LogP contribution is -2.41. The number of hydrogen-bond donors (Lipinski definition) is 1. The van der Waals surface area contributed by atoms with Gasteiger partial charge in [-0.3, -0.25) is 0 Å². The summed E-state index contributed by atoms with van der Waals surface area (Å²) in [6, 6.07) is 0. The van der Waals surface area contributed by atoms with E-state index in [-0.39, 0.29) is 6.10 Å². The zero-order chi connectivity index (χ0) is 10.1. The van der Waals surface area contributed by atoms with Gasteiger partial charge in [-0.05, 0) is 12.8 Å². The minimum atomic E-state index is 0.242. The van der Waals surface area contributed by atoms with Gasteiger partial charge in [0.05, 0.1) is 19.3 Å². The first kappa shape index (κ1) is 11.9. The number of morpholine rings is 1. The Morgan fingerprint density at radius 2 is 2.21 bits per heavy atom. The van der Waals surface area contributed by atoms with E-state index in [1.54, 1.807) is 7.11 Å². The van der Waals surface area contributed by atoms with E-state index >= 15 is 0 Å². The summed E-state index contributed by atoms with van der Waals surface area (Å²) >= 11 is 0. The van der Waals surface area contributed by atoms with Crippen LogP contribution in [0.25, 0.3) is 0 Å². The van der Waals surface area contributed by atoms with Crippen LogP contribution in [0.2, 0.25) is 0 Å². The molecule has 1 rings (SSSR count). The van der Waals surface area contributed by atoms with Gasteiger partial charge in [-0.15, -0.1) is 0 Å². The number of methoxy groups -OCH3 is 1. The second kappa shape index (κ2) is 8.17. The molecule has 14 heavy (non-hydrogen) atoms. The monoisotopic (exact) mass is 203 g/mol. The molecule has 0 aromatic carbocycles. The van der Waals surface area contributed by atoms with Crippen LogP contribution < -0.4 is 5.32 Å². The van der Waals surface area contributed by atoms with Gasteiger partial charge in [-0.25, -0.2) is 0 Å². The molecule has 0 radical (unpaired) electrons. The van der Waals surface area contributed by atoms with Crippen LogP contribution in [0.15, 0.2) is 0 Å². The van der Waals surface area contributed by atoms with E-state index in [0.717, 1.165) is 45.8 Å². The van der Waals surface area contributed by atoms with E-state index in [0.29, 0.717) is 6.61 Å². The fourth-order valence-corrected chi connectivity index (χ4v) is 1.39. The van der Waals surface area contributed by atoms with Gasteiger partial charge >= 0.3 is 0 Å². The van der Waals surface area contributed by atoms with E-state index in [1.165, 1.54) is 0 Å². The van der Waals surface area contributed by atoms with E-state index in [1.807, 2.05) is 0 Å². The highest BCUT2D eigenvalue weighted by Crippen LogP contribution is 1.98. The zero-order valence-corrected chi connectivity index (χ0v) is 8.96. The lowest BCUT2D eigenvalue weighted by molar-refractivity contribution is -0.0323. The smallest absolute Gasteiger partial charge is 0.0933 e. The van der Waals surface area contributed by atoms with Crippen molar-refractivity contribution in [2.45, 2.75) is 18.9 Å². The Kier molecular flexibility index (Phi) is 6.95. The number of rotatable bonds is 7. The van der Waals surface area contributed by atoms with Gasteiger partial charge < -0.3 is 19.5 Å². The number of ether oxygens (including phenoxy) is 3. The third-order valence-electron chi connectivity index (χ3n) is 2.20. The average Bonchev–Trinajstić information content (AvgIpc) is 2.25. The van der Waals surface area contributed by atoms with Crippen LogP contribution in [-0.4, -0.2) is 52.7 Å². The molecule has 0 amide bonds. The van der Waals surface area contributed by atoms with Gasteiger partial charge in [0.15, 0.2) is 0 Å². The molecule has 4 nitrogen and oxygen atoms in total. The summed E-state index contributed by atoms with van der Waals surface area (Å²) in [4.78, 5) is 0. The Bertz CT molecular complexity index is 127. The summed E-state index contributed by atoms with van der Waals surface area (Å²) in [5.41, 5.74) is 0. The zero-order valence-electron chi connectivity index (χ0n) is 8.96. The number of nitrogens with one attached hydrogen (secondary N) is 1. The number of unbranched alkanes of at least 4 members (excludes halogenated alkanes) is 1. The molecule has 0 saturated carbocycles. The van der Waals surface area contributed by atoms with Gasteiger partial charge in [-0.1, -0.05) is 0 Å². The maximum absolute atomic E-state index is 5.50. The molecule has 0 bridgehead atoms. The molecule has 0 aromatic heterocycles. The molecule has 1 saturated heterocycles. The van der Waals surface area contributed by atoms with Crippen molar-refractivity contribution in [3.05, 3.63) is 0 Å². The van der Waals surface area contributed by atoms with Crippen LogP contribution in [-0.2, 0) is 14.2 Å². The van der Waals surface area contributed by atoms with Gasteiger partial charge in [-0.2, -0.15) is 0 Å². The molecule has 0 spiro atoms. The largest absolute Gasteiger partial charge is 0.385 e. The fourth-order valence-electron chi connectivity index (χ4n) is 1.39. The van der Waals surface area contributed by atoms with Crippen molar-refractivity contribution in [1.82, 2.24) is 5.32 Å². The topological polar surface area (TPSA) is 39.7 Å². The van der Waals surface area contributed by atoms with Crippen molar-refractivity contribution in [3.8, 4) is 0 Å². The molecule has 4 heteroatoms. The molecule has 1 atom stereocenters. The summed E-state index contributed by atoms with van der Waals surface area (Å²) in [6.07, 6.45) is 2.38. The van der Waals surface area contributed by atoms with E-state index in [9.17, 15) is 0 Å². The Morgan fingerprint density at radius 3 is 2.93 bits per heavy atom. The summed E-state index contributed by atoms with van der Waals surface area (Å²) in [5, 5.41) is 3.27. The normalized spacial score (nSPS) is 22.5. The van der Waals surface area contributed by atoms with Crippen molar-refractivity contribution in [3.63, 3.8) is 0 Å². The van der Waals surface area contributed by atoms with Crippen LogP contribution in [0.5, 0.6) is 0 Å². The summed E-state index contributed by atoms with van der Waals surface area (Å²) in [7, 11) is 1.72. The van der Waals surface area contributed by atoms with Gasteiger partial charge in [0.2, 0.25) is 0 Å². The molecule has 0 aromatic rings. The molecule has 1 unspecified atom stereocenters. The SMILES string of the molecule is COCCCCOCC1CNCCO1. The van der Waals surface area contributed by atoms with Crippen LogP contribution in [0.1, 0.15) is 12.8 Å². The Balaban J connectivity index is 1.82. The van der Waals surface area contributed by atoms with Crippen molar-refractivity contribution < 1.29 is 14.2 Å². The number of hydrogen-bond acceptors (Lipinski definition) is 4.